The van der Waals surface area contributed by atoms with Gasteiger partial charge in [-0.1, -0.05) is 6.07 Å². The number of anilines is 2. The number of carbonyl (C=O) groups is 6. The first kappa shape index (κ1) is 31.9. The summed E-state index contributed by atoms with van der Waals surface area (Å²) in [5.41, 5.74) is 6.38. The van der Waals surface area contributed by atoms with Crippen molar-refractivity contribution in [1.82, 2.24) is 25.3 Å². The molecule has 1 unspecified atom stereocenters. The SMILES string of the molecule is COc1cc(N)c(F)c(C(=O)N[C@H]2CCN(C(=O)CCN3CCN(c4cccc5c4C(=O)N(C4CCC(=O)NC4=O)C5=O)CC3)C2)c1. The number of benzene rings is 2. The summed E-state index contributed by atoms with van der Waals surface area (Å²) < 4.78 is 19.6. The fourth-order valence-electron chi connectivity index (χ4n) is 6.66. The largest absolute Gasteiger partial charge is 0.497 e. The Morgan fingerprint density at radius 3 is 2.53 bits per heavy atom. The van der Waals surface area contributed by atoms with Crippen LogP contribution in [0.5, 0.6) is 5.75 Å². The summed E-state index contributed by atoms with van der Waals surface area (Å²) in [5, 5.41) is 5.01. The molecule has 0 radical (unpaired) electrons. The summed E-state index contributed by atoms with van der Waals surface area (Å²) in [6, 6.07) is 6.32. The Hall–Kier alpha value is -5.05. The maximum absolute atomic E-state index is 14.5. The Labute approximate surface area is 269 Å². The lowest BCUT2D eigenvalue weighted by Crippen LogP contribution is -2.54. The lowest BCUT2D eigenvalue weighted by molar-refractivity contribution is -0.136. The van der Waals surface area contributed by atoms with Crippen LogP contribution >= 0.6 is 0 Å². The highest BCUT2D eigenvalue weighted by molar-refractivity contribution is 6.25. The van der Waals surface area contributed by atoms with Gasteiger partial charge in [0.25, 0.3) is 17.7 Å². The first-order chi connectivity index (χ1) is 22.5. The minimum atomic E-state index is -1.03. The Kier molecular flexibility index (Phi) is 8.82. The average Bonchev–Trinajstić information content (AvgIpc) is 3.63. The molecule has 2 aromatic rings. The van der Waals surface area contributed by atoms with E-state index in [0.717, 1.165) is 4.90 Å². The number of nitrogens with two attached hydrogens (primary N) is 1. The van der Waals surface area contributed by atoms with E-state index in [-0.39, 0.29) is 59.3 Å². The fraction of sp³-hybridized carbons (Fsp3) is 0.438. The number of nitrogens with one attached hydrogen (secondary N) is 2. The number of piperazine rings is 1. The highest BCUT2D eigenvalue weighted by atomic mass is 19.1. The highest BCUT2D eigenvalue weighted by Crippen LogP contribution is 2.34. The van der Waals surface area contributed by atoms with Crippen LogP contribution in [0.1, 0.15) is 56.8 Å². The molecule has 0 spiro atoms. The summed E-state index contributed by atoms with van der Waals surface area (Å²) in [6.45, 7) is 3.71. The molecule has 4 aliphatic heterocycles. The van der Waals surface area contributed by atoms with Crippen molar-refractivity contribution in [3.8, 4) is 5.75 Å². The number of ether oxygens (including phenoxy) is 1. The molecule has 15 heteroatoms. The third kappa shape index (κ3) is 6.22. The topological polar surface area (TPSA) is 175 Å². The zero-order valence-corrected chi connectivity index (χ0v) is 25.9. The normalized spacial score (nSPS) is 21.6. The molecule has 2 atom stereocenters. The van der Waals surface area contributed by atoms with Gasteiger partial charge in [-0.3, -0.25) is 43.9 Å². The molecule has 3 saturated heterocycles. The van der Waals surface area contributed by atoms with E-state index in [2.05, 4.69) is 15.5 Å². The van der Waals surface area contributed by atoms with Gasteiger partial charge < -0.3 is 25.6 Å². The van der Waals surface area contributed by atoms with Crippen molar-refractivity contribution in [3.63, 3.8) is 0 Å². The molecule has 4 heterocycles. The molecule has 248 valence electrons. The third-order valence-corrected chi connectivity index (χ3v) is 9.23. The molecule has 0 aliphatic carbocycles. The number of rotatable bonds is 8. The average molecular weight is 650 g/mol. The number of piperidine rings is 1. The van der Waals surface area contributed by atoms with Gasteiger partial charge in [0.1, 0.15) is 11.8 Å². The van der Waals surface area contributed by atoms with Crippen LogP contribution in [-0.4, -0.2) is 115 Å². The van der Waals surface area contributed by atoms with Gasteiger partial charge in [0.2, 0.25) is 17.7 Å². The van der Waals surface area contributed by atoms with E-state index in [9.17, 15) is 33.2 Å². The molecular weight excluding hydrogens is 613 g/mol. The number of methoxy groups -OCH3 is 1. The van der Waals surface area contributed by atoms with E-state index in [1.807, 2.05) is 4.90 Å². The zero-order chi connectivity index (χ0) is 33.4. The molecule has 6 rings (SSSR count). The van der Waals surface area contributed by atoms with Gasteiger partial charge in [-0.05, 0) is 31.0 Å². The van der Waals surface area contributed by atoms with Crippen LogP contribution < -0.4 is 26.0 Å². The van der Waals surface area contributed by atoms with E-state index in [0.29, 0.717) is 57.9 Å². The smallest absolute Gasteiger partial charge is 0.264 e. The van der Waals surface area contributed by atoms with Crippen molar-refractivity contribution in [2.24, 2.45) is 0 Å². The fourth-order valence-corrected chi connectivity index (χ4v) is 6.66. The van der Waals surface area contributed by atoms with Crippen LogP contribution in [0.3, 0.4) is 0 Å². The summed E-state index contributed by atoms with van der Waals surface area (Å²) >= 11 is 0. The highest BCUT2D eigenvalue weighted by Gasteiger charge is 2.46. The number of nitrogen functional groups attached to an aromatic ring is 1. The molecule has 4 aliphatic rings. The van der Waals surface area contributed by atoms with E-state index in [4.69, 9.17) is 10.5 Å². The Balaban J connectivity index is 0.995. The summed E-state index contributed by atoms with van der Waals surface area (Å²) in [4.78, 5) is 83.3. The van der Waals surface area contributed by atoms with E-state index in [1.165, 1.54) is 19.2 Å². The standard InChI is InChI=1S/C32H36FN7O7/c1-47-19-15-21(28(33)22(34)16-19)29(43)35-18-7-10-39(17-18)26(42)8-9-37-11-13-38(14-12-37)23-4-2-3-20-27(23)32(46)40(31(20)45)24-5-6-25(41)36-30(24)44/h2-4,15-16,18,24H,5-14,17,34H2,1H3,(H,35,43)(H,36,41,44)/t18-,24?/m0/s1. The van der Waals surface area contributed by atoms with Crippen molar-refractivity contribution >= 4 is 46.8 Å². The van der Waals surface area contributed by atoms with Crippen molar-refractivity contribution in [1.29, 1.82) is 0 Å². The van der Waals surface area contributed by atoms with Crippen molar-refractivity contribution in [2.45, 2.75) is 37.8 Å². The number of hydrogen-bond acceptors (Lipinski definition) is 10. The van der Waals surface area contributed by atoms with Crippen LogP contribution in [0.2, 0.25) is 0 Å². The third-order valence-electron chi connectivity index (χ3n) is 9.23. The van der Waals surface area contributed by atoms with E-state index < -0.39 is 41.4 Å². The molecule has 6 amide bonds. The summed E-state index contributed by atoms with van der Waals surface area (Å²) in [7, 11) is 1.40. The molecular formula is C32H36FN7O7. The second-order valence-corrected chi connectivity index (χ2v) is 12.1. The maximum atomic E-state index is 14.5. The van der Waals surface area contributed by atoms with Crippen LogP contribution in [0.4, 0.5) is 15.8 Å². The molecule has 4 N–H and O–H groups in total. The number of halogens is 1. The Morgan fingerprint density at radius 2 is 1.81 bits per heavy atom. The van der Waals surface area contributed by atoms with Gasteiger partial charge in [0.15, 0.2) is 5.82 Å². The number of nitrogens with zero attached hydrogens (tertiary/aromatic N) is 4. The zero-order valence-electron chi connectivity index (χ0n) is 25.9. The monoisotopic (exact) mass is 649 g/mol. The maximum Gasteiger partial charge on any atom is 0.264 e. The van der Waals surface area contributed by atoms with Crippen molar-refractivity contribution in [3.05, 3.63) is 52.8 Å². The predicted molar refractivity (Wildman–Crippen MR) is 166 cm³/mol. The van der Waals surface area contributed by atoms with Crippen LogP contribution in [0.15, 0.2) is 30.3 Å². The molecule has 0 saturated carbocycles. The van der Waals surface area contributed by atoms with Gasteiger partial charge >= 0.3 is 0 Å². The second kappa shape index (κ2) is 13.0. The van der Waals surface area contributed by atoms with E-state index in [1.54, 1.807) is 23.1 Å². The molecule has 14 nitrogen and oxygen atoms in total. The number of likely N-dealkylation sites (tertiary alicyclic amines) is 1. The number of imide groups is 2. The number of amides is 6. The molecule has 47 heavy (non-hydrogen) atoms. The van der Waals surface area contributed by atoms with Gasteiger partial charge in [-0.25, -0.2) is 4.39 Å². The number of hydrogen-bond donors (Lipinski definition) is 3. The quantitative estimate of drug-likeness (QED) is 0.268. The summed E-state index contributed by atoms with van der Waals surface area (Å²) in [6.07, 6.45) is 0.975. The predicted octanol–water partition coefficient (Wildman–Crippen LogP) is 0.361. The van der Waals surface area contributed by atoms with Crippen molar-refractivity contribution in [2.75, 3.05) is 63.6 Å². The van der Waals surface area contributed by atoms with E-state index >= 15 is 0 Å². The Bertz CT molecular complexity index is 1660. The minimum absolute atomic E-state index is 0.0421. The van der Waals surface area contributed by atoms with Crippen molar-refractivity contribution < 1.29 is 37.9 Å². The first-order valence-corrected chi connectivity index (χ1v) is 15.6. The van der Waals surface area contributed by atoms with Gasteiger partial charge in [-0.15, -0.1) is 0 Å². The lowest BCUT2D eigenvalue weighted by Gasteiger charge is -2.37. The molecule has 0 aromatic heterocycles. The lowest BCUT2D eigenvalue weighted by atomic mass is 10.0. The van der Waals surface area contributed by atoms with Gasteiger partial charge in [0.05, 0.1) is 35.2 Å². The van der Waals surface area contributed by atoms with Crippen LogP contribution in [-0.2, 0) is 14.4 Å². The van der Waals surface area contributed by atoms with Gasteiger partial charge in [-0.2, -0.15) is 0 Å². The summed E-state index contributed by atoms with van der Waals surface area (Å²) in [5.74, 6) is -3.37. The minimum Gasteiger partial charge on any atom is -0.497 e. The second-order valence-electron chi connectivity index (χ2n) is 12.1. The van der Waals surface area contributed by atoms with Gasteiger partial charge in [0, 0.05) is 70.8 Å². The van der Waals surface area contributed by atoms with Crippen LogP contribution in [0.25, 0.3) is 0 Å². The number of carbonyl (C=O) groups excluding carboxylic acids is 6. The molecule has 3 fully saturated rings. The molecule has 2 aromatic carbocycles. The number of fused-ring (bicyclic) bond motifs is 1. The molecule has 0 bridgehead atoms. The first-order valence-electron chi connectivity index (χ1n) is 15.6. The van der Waals surface area contributed by atoms with Crippen LogP contribution in [0, 0.1) is 5.82 Å². The Morgan fingerprint density at radius 1 is 1.04 bits per heavy atom.